The normalized spacial score (nSPS) is 14.9. The molecule has 0 aliphatic heterocycles. The number of Topliss-reactive ketones (excluding diaryl/α,β-unsaturated/α-hetero) is 1. The smallest absolute Gasteiger partial charge is 0.165 e. The minimum absolute atomic E-state index is 0.0398. The molecule has 0 bridgehead atoms. The van der Waals surface area contributed by atoms with Gasteiger partial charge in [0.2, 0.25) is 0 Å². The molecular formula is C9H8FNO. The van der Waals surface area contributed by atoms with E-state index in [0.29, 0.717) is 29.7 Å². The average Bonchev–Trinajstić information content (AvgIpc) is 2.42. The highest BCUT2D eigenvalue weighted by molar-refractivity contribution is 6.04. The number of halogens is 1. The third-order valence-corrected chi connectivity index (χ3v) is 2.17. The van der Waals surface area contributed by atoms with Crippen molar-refractivity contribution in [3.63, 3.8) is 0 Å². The standard InChI is InChI=1S/C9H8FNO/c10-6-2-3-7(11)9-5(6)1-4-8(9)12/h2-3H,1,4,11H2. The second-order valence-electron chi connectivity index (χ2n) is 2.91. The van der Waals surface area contributed by atoms with Crippen molar-refractivity contribution in [2.75, 3.05) is 5.73 Å². The molecule has 2 nitrogen and oxygen atoms in total. The molecule has 0 aromatic heterocycles. The predicted octanol–water partition coefficient (Wildman–Crippen LogP) is 1.54. The zero-order valence-electron chi connectivity index (χ0n) is 6.43. The Morgan fingerprint density at radius 1 is 1.33 bits per heavy atom. The second-order valence-corrected chi connectivity index (χ2v) is 2.91. The van der Waals surface area contributed by atoms with Crippen molar-refractivity contribution < 1.29 is 9.18 Å². The summed E-state index contributed by atoms with van der Waals surface area (Å²) in [4.78, 5) is 11.2. The molecule has 0 unspecified atom stereocenters. The molecule has 3 heteroatoms. The van der Waals surface area contributed by atoms with Gasteiger partial charge >= 0.3 is 0 Å². The van der Waals surface area contributed by atoms with E-state index in [2.05, 4.69) is 0 Å². The molecule has 0 heterocycles. The van der Waals surface area contributed by atoms with Gasteiger partial charge in [0.1, 0.15) is 5.82 Å². The van der Waals surface area contributed by atoms with Gasteiger partial charge in [0.15, 0.2) is 5.78 Å². The van der Waals surface area contributed by atoms with Crippen LogP contribution >= 0.6 is 0 Å². The highest BCUT2D eigenvalue weighted by Crippen LogP contribution is 2.28. The van der Waals surface area contributed by atoms with E-state index in [0.717, 1.165) is 0 Å². The maximum atomic E-state index is 13.0. The average molecular weight is 165 g/mol. The van der Waals surface area contributed by atoms with Crippen LogP contribution in [0.2, 0.25) is 0 Å². The first-order valence-electron chi connectivity index (χ1n) is 3.80. The molecule has 0 spiro atoms. The number of anilines is 1. The number of carbonyl (C=O) groups is 1. The predicted molar refractivity (Wildman–Crippen MR) is 43.5 cm³/mol. The van der Waals surface area contributed by atoms with Gasteiger partial charge < -0.3 is 5.73 Å². The van der Waals surface area contributed by atoms with E-state index in [4.69, 9.17) is 5.73 Å². The Hall–Kier alpha value is -1.38. The van der Waals surface area contributed by atoms with Crippen LogP contribution in [-0.4, -0.2) is 5.78 Å². The molecule has 2 rings (SSSR count). The summed E-state index contributed by atoms with van der Waals surface area (Å²) in [5.74, 6) is -0.355. The number of benzene rings is 1. The van der Waals surface area contributed by atoms with Crippen LogP contribution in [0.3, 0.4) is 0 Å². The van der Waals surface area contributed by atoms with Gasteiger partial charge in [-0.1, -0.05) is 0 Å². The summed E-state index contributed by atoms with van der Waals surface area (Å²) in [5, 5.41) is 0. The topological polar surface area (TPSA) is 43.1 Å². The molecule has 62 valence electrons. The van der Waals surface area contributed by atoms with Crippen LogP contribution in [0.4, 0.5) is 10.1 Å². The third kappa shape index (κ3) is 0.826. The molecule has 0 amide bonds. The van der Waals surface area contributed by atoms with Crippen molar-refractivity contribution in [1.29, 1.82) is 0 Å². The van der Waals surface area contributed by atoms with Crippen LogP contribution in [0.15, 0.2) is 12.1 Å². The summed E-state index contributed by atoms with van der Waals surface area (Å²) in [7, 11) is 0. The van der Waals surface area contributed by atoms with Crippen molar-refractivity contribution in [1.82, 2.24) is 0 Å². The molecule has 0 atom stereocenters. The minimum Gasteiger partial charge on any atom is -0.398 e. The number of rotatable bonds is 0. The molecule has 1 aliphatic carbocycles. The first-order valence-corrected chi connectivity index (χ1v) is 3.80. The van der Waals surface area contributed by atoms with Gasteiger partial charge in [0, 0.05) is 23.2 Å². The summed E-state index contributed by atoms with van der Waals surface area (Å²) in [6.45, 7) is 0. The van der Waals surface area contributed by atoms with E-state index in [1.807, 2.05) is 0 Å². The third-order valence-electron chi connectivity index (χ3n) is 2.17. The maximum absolute atomic E-state index is 13.0. The molecule has 1 aromatic carbocycles. The lowest BCUT2D eigenvalue weighted by Gasteiger charge is -2.02. The second kappa shape index (κ2) is 2.30. The van der Waals surface area contributed by atoms with Crippen LogP contribution in [0, 0.1) is 5.82 Å². The van der Waals surface area contributed by atoms with Gasteiger partial charge in [-0.3, -0.25) is 4.79 Å². The summed E-state index contributed by atoms with van der Waals surface area (Å²) in [6, 6.07) is 2.75. The molecule has 0 saturated heterocycles. The van der Waals surface area contributed by atoms with Crippen LogP contribution in [0.1, 0.15) is 22.3 Å². The van der Waals surface area contributed by atoms with E-state index in [1.165, 1.54) is 12.1 Å². The maximum Gasteiger partial charge on any atom is 0.165 e. The number of nitrogens with two attached hydrogens (primary N) is 1. The number of hydrogen-bond donors (Lipinski definition) is 1. The fraction of sp³-hybridized carbons (Fsp3) is 0.222. The Bertz CT molecular complexity index is 360. The fourth-order valence-corrected chi connectivity index (χ4v) is 1.58. The Morgan fingerprint density at radius 2 is 2.08 bits per heavy atom. The Balaban J connectivity index is 2.72. The molecule has 1 aliphatic rings. The molecule has 1 aromatic rings. The molecular weight excluding hydrogens is 157 g/mol. The molecule has 0 fully saturated rings. The van der Waals surface area contributed by atoms with E-state index in [9.17, 15) is 9.18 Å². The van der Waals surface area contributed by atoms with Crippen molar-refractivity contribution in [3.05, 3.63) is 29.1 Å². The lowest BCUT2D eigenvalue weighted by atomic mass is 10.1. The molecule has 2 N–H and O–H groups in total. The quantitative estimate of drug-likeness (QED) is 0.592. The lowest BCUT2D eigenvalue weighted by molar-refractivity contribution is 0.0995. The largest absolute Gasteiger partial charge is 0.398 e. The van der Waals surface area contributed by atoms with Gasteiger partial charge in [0.05, 0.1) is 0 Å². The van der Waals surface area contributed by atoms with Crippen LogP contribution in [0.5, 0.6) is 0 Å². The summed E-state index contributed by atoms with van der Waals surface area (Å²) < 4.78 is 13.0. The Kier molecular flexibility index (Phi) is 1.40. The fourth-order valence-electron chi connectivity index (χ4n) is 1.58. The number of carbonyl (C=O) groups excluding carboxylic acids is 1. The minimum atomic E-state index is -0.315. The zero-order valence-corrected chi connectivity index (χ0v) is 6.43. The molecule has 0 saturated carbocycles. The summed E-state index contributed by atoms with van der Waals surface area (Å²) in [6.07, 6.45) is 0.880. The Morgan fingerprint density at radius 3 is 2.75 bits per heavy atom. The van der Waals surface area contributed by atoms with Gasteiger partial charge in [-0.25, -0.2) is 4.39 Å². The molecule has 12 heavy (non-hydrogen) atoms. The Labute approximate surface area is 69.2 Å². The number of fused-ring (bicyclic) bond motifs is 1. The van der Waals surface area contributed by atoms with E-state index >= 15 is 0 Å². The van der Waals surface area contributed by atoms with Gasteiger partial charge in [-0.2, -0.15) is 0 Å². The molecule has 0 radical (unpaired) electrons. The zero-order chi connectivity index (χ0) is 8.72. The number of hydrogen-bond acceptors (Lipinski definition) is 2. The summed E-state index contributed by atoms with van der Waals surface area (Å²) >= 11 is 0. The number of ketones is 1. The highest BCUT2D eigenvalue weighted by Gasteiger charge is 2.24. The highest BCUT2D eigenvalue weighted by atomic mass is 19.1. The van der Waals surface area contributed by atoms with E-state index in [1.54, 1.807) is 0 Å². The van der Waals surface area contributed by atoms with Crippen molar-refractivity contribution in [2.45, 2.75) is 12.8 Å². The van der Waals surface area contributed by atoms with Crippen molar-refractivity contribution in [2.24, 2.45) is 0 Å². The van der Waals surface area contributed by atoms with Crippen LogP contribution in [0.25, 0.3) is 0 Å². The monoisotopic (exact) mass is 165 g/mol. The van der Waals surface area contributed by atoms with E-state index in [-0.39, 0.29) is 11.6 Å². The lowest BCUT2D eigenvalue weighted by Crippen LogP contribution is -2.00. The first kappa shape index (κ1) is 7.28. The van der Waals surface area contributed by atoms with Crippen LogP contribution < -0.4 is 5.73 Å². The first-order chi connectivity index (χ1) is 5.70. The van der Waals surface area contributed by atoms with Gasteiger partial charge in [-0.05, 0) is 18.6 Å². The van der Waals surface area contributed by atoms with Gasteiger partial charge in [0.25, 0.3) is 0 Å². The summed E-state index contributed by atoms with van der Waals surface area (Å²) in [5.41, 5.74) is 6.83. The SMILES string of the molecule is Nc1ccc(F)c2c1C(=O)CC2. The van der Waals surface area contributed by atoms with Crippen molar-refractivity contribution >= 4 is 11.5 Å². The van der Waals surface area contributed by atoms with E-state index < -0.39 is 0 Å². The van der Waals surface area contributed by atoms with Crippen LogP contribution in [-0.2, 0) is 6.42 Å². The number of nitrogen functional groups attached to an aromatic ring is 1. The van der Waals surface area contributed by atoms with Crippen molar-refractivity contribution in [3.8, 4) is 0 Å². The van der Waals surface area contributed by atoms with Gasteiger partial charge in [-0.15, -0.1) is 0 Å².